The molecule has 0 aliphatic heterocycles. The lowest BCUT2D eigenvalue weighted by Gasteiger charge is -2.08. The number of nitrogens with one attached hydrogen (secondary N) is 2. The van der Waals surface area contributed by atoms with Gasteiger partial charge in [-0.2, -0.15) is 5.10 Å². The first kappa shape index (κ1) is 18.7. The molecule has 0 saturated heterocycles. The summed E-state index contributed by atoms with van der Waals surface area (Å²) in [4.78, 5) is 23.7. The van der Waals surface area contributed by atoms with E-state index < -0.39 is 0 Å². The van der Waals surface area contributed by atoms with E-state index in [-0.39, 0.29) is 24.7 Å². The highest BCUT2D eigenvalue weighted by molar-refractivity contribution is 6.33. The molecule has 2 N–H and O–H groups in total. The van der Waals surface area contributed by atoms with E-state index in [2.05, 4.69) is 15.8 Å². The van der Waals surface area contributed by atoms with Crippen LogP contribution in [0.5, 0.6) is 0 Å². The van der Waals surface area contributed by atoms with Crippen molar-refractivity contribution in [3.05, 3.63) is 64.2 Å². The second kappa shape index (κ2) is 8.99. The van der Waals surface area contributed by atoms with Crippen LogP contribution in [-0.4, -0.2) is 18.0 Å². The maximum absolute atomic E-state index is 11.9. The van der Waals surface area contributed by atoms with Gasteiger partial charge in [0.2, 0.25) is 11.8 Å². The van der Waals surface area contributed by atoms with Crippen molar-refractivity contribution in [1.82, 2.24) is 5.43 Å². The minimum absolute atomic E-state index is 0.0522. The number of anilines is 1. The van der Waals surface area contributed by atoms with Crippen molar-refractivity contribution >= 4 is 35.3 Å². The van der Waals surface area contributed by atoms with Crippen LogP contribution in [0.1, 0.15) is 29.5 Å². The Morgan fingerprint density at radius 3 is 2.52 bits per heavy atom. The molecule has 130 valence electrons. The number of amides is 2. The summed E-state index contributed by atoms with van der Waals surface area (Å²) in [6.45, 7) is 3.92. The summed E-state index contributed by atoms with van der Waals surface area (Å²) in [6, 6.07) is 12.9. The number of carbonyl (C=O) groups excluding carboxylic acids is 2. The molecule has 0 bridgehead atoms. The van der Waals surface area contributed by atoms with Gasteiger partial charge in [0.15, 0.2) is 0 Å². The van der Waals surface area contributed by atoms with Crippen molar-refractivity contribution in [3.63, 3.8) is 0 Å². The highest BCUT2D eigenvalue weighted by Gasteiger charge is 2.08. The number of aryl methyl sites for hydroxylation is 2. The summed E-state index contributed by atoms with van der Waals surface area (Å²) in [5.74, 6) is -0.545. The largest absolute Gasteiger partial charge is 0.326 e. The molecule has 0 fully saturated rings. The van der Waals surface area contributed by atoms with Crippen molar-refractivity contribution in [3.8, 4) is 0 Å². The first-order chi connectivity index (χ1) is 12.0. The van der Waals surface area contributed by atoms with Crippen LogP contribution in [0.3, 0.4) is 0 Å². The van der Waals surface area contributed by atoms with Gasteiger partial charge < -0.3 is 5.32 Å². The quantitative estimate of drug-likeness (QED) is 0.609. The molecule has 0 spiro atoms. The molecule has 0 aromatic heterocycles. The van der Waals surface area contributed by atoms with Crippen LogP contribution in [0.15, 0.2) is 47.6 Å². The van der Waals surface area contributed by atoms with Crippen molar-refractivity contribution in [2.45, 2.75) is 26.7 Å². The molecule has 2 rings (SSSR count). The average Bonchev–Trinajstić information content (AvgIpc) is 2.57. The molecule has 0 atom stereocenters. The molecular formula is C19H20ClN3O2. The van der Waals surface area contributed by atoms with Gasteiger partial charge in [-0.25, -0.2) is 5.43 Å². The Hall–Kier alpha value is -2.66. The predicted octanol–water partition coefficient (Wildman–Crippen LogP) is 3.83. The van der Waals surface area contributed by atoms with E-state index in [0.29, 0.717) is 10.6 Å². The fourth-order valence-corrected chi connectivity index (χ4v) is 2.39. The third-order valence-electron chi connectivity index (χ3n) is 3.53. The second-order valence-electron chi connectivity index (χ2n) is 5.68. The Kier molecular flexibility index (Phi) is 6.71. The van der Waals surface area contributed by atoms with Crippen molar-refractivity contribution in [1.29, 1.82) is 0 Å². The van der Waals surface area contributed by atoms with Gasteiger partial charge in [-0.3, -0.25) is 9.59 Å². The predicted molar refractivity (Wildman–Crippen MR) is 101 cm³/mol. The molecule has 25 heavy (non-hydrogen) atoms. The summed E-state index contributed by atoms with van der Waals surface area (Å²) in [5.41, 5.74) is 5.97. The Bertz CT molecular complexity index is 803. The van der Waals surface area contributed by atoms with Gasteiger partial charge in [0.1, 0.15) is 0 Å². The number of carbonyl (C=O) groups is 2. The van der Waals surface area contributed by atoms with Crippen LogP contribution in [0.25, 0.3) is 0 Å². The van der Waals surface area contributed by atoms with E-state index in [9.17, 15) is 9.59 Å². The fraction of sp³-hybridized carbons (Fsp3) is 0.211. The highest BCUT2D eigenvalue weighted by Crippen LogP contribution is 2.16. The van der Waals surface area contributed by atoms with Gasteiger partial charge in [0.05, 0.1) is 6.21 Å². The molecule has 0 aliphatic carbocycles. The van der Waals surface area contributed by atoms with E-state index in [1.54, 1.807) is 12.1 Å². The van der Waals surface area contributed by atoms with Gasteiger partial charge in [0, 0.05) is 29.1 Å². The zero-order chi connectivity index (χ0) is 18.2. The van der Waals surface area contributed by atoms with Gasteiger partial charge >= 0.3 is 0 Å². The molecule has 2 amide bonds. The highest BCUT2D eigenvalue weighted by atomic mass is 35.5. The lowest BCUT2D eigenvalue weighted by Crippen LogP contribution is -2.20. The zero-order valence-electron chi connectivity index (χ0n) is 14.2. The van der Waals surface area contributed by atoms with Crippen LogP contribution in [0.4, 0.5) is 5.69 Å². The number of nitrogens with zero attached hydrogens (tertiary/aromatic N) is 1. The number of halogens is 1. The molecular weight excluding hydrogens is 338 g/mol. The first-order valence-electron chi connectivity index (χ1n) is 7.89. The third-order valence-corrected chi connectivity index (χ3v) is 3.88. The smallest absolute Gasteiger partial charge is 0.240 e. The second-order valence-corrected chi connectivity index (χ2v) is 6.09. The molecule has 0 heterocycles. The Labute approximate surface area is 152 Å². The molecule has 6 heteroatoms. The standard InChI is InChI=1S/C19H20ClN3O2/c1-13-7-8-17(14(2)11-13)22-18(24)9-10-19(25)23-21-12-15-5-3-4-6-16(15)20/h3-8,11-12H,9-10H2,1-2H3,(H,22,24)(H,23,25)/b21-12+. The van der Waals surface area contributed by atoms with Crippen LogP contribution >= 0.6 is 11.6 Å². The van der Waals surface area contributed by atoms with E-state index in [4.69, 9.17) is 11.6 Å². The lowest BCUT2D eigenvalue weighted by atomic mass is 10.1. The van der Waals surface area contributed by atoms with Gasteiger partial charge in [-0.05, 0) is 31.5 Å². The molecule has 0 radical (unpaired) electrons. The monoisotopic (exact) mass is 357 g/mol. The van der Waals surface area contributed by atoms with Crippen LogP contribution in [0.2, 0.25) is 5.02 Å². The first-order valence-corrected chi connectivity index (χ1v) is 8.27. The number of hydrazone groups is 1. The van der Waals surface area contributed by atoms with E-state index in [1.807, 2.05) is 44.2 Å². The van der Waals surface area contributed by atoms with E-state index >= 15 is 0 Å². The zero-order valence-corrected chi connectivity index (χ0v) is 14.9. The van der Waals surface area contributed by atoms with Gasteiger partial charge in [-0.1, -0.05) is 47.5 Å². The summed E-state index contributed by atoms with van der Waals surface area (Å²) < 4.78 is 0. The minimum atomic E-state index is -0.334. The Morgan fingerprint density at radius 1 is 1.08 bits per heavy atom. The fourth-order valence-electron chi connectivity index (χ4n) is 2.20. The number of benzene rings is 2. The normalized spacial score (nSPS) is 10.7. The van der Waals surface area contributed by atoms with E-state index in [1.165, 1.54) is 6.21 Å². The summed E-state index contributed by atoms with van der Waals surface area (Å²) >= 11 is 5.98. The average molecular weight is 358 g/mol. The minimum Gasteiger partial charge on any atom is -0.326 e. The Morgan fingerprint density at radius 2 is 1.80 bits per heavy atom. The molecule has 0 unspecified atom stereocenters. The van der Waals surface area contributed by atoms with Crippen molar-refractivity contribution in [2.75, 3.05) is 5.32 Å². The van der Waals surface area contributed by atoms with Gasteiger partial charge in [-0.15, -0.1) is 0 Å². The third kappa shape index (κ3) is 6.04. The van der Waals surface area contributed by atoms with Crippen molar-refractivity contribution < 1.29 is 9.59 Å². The number of rotatable bonds is 6. The van der Waals surface area contributed by atoms with Gasteiger partial charge in [0.25, 0.3) is 0 Å². The number of hydrogen-bond acceptors (Lipinski definition) is 3. The summed E-state index contributed by atoms with van der Waals surface area (Å²) in [7, 11) is 0. The van der Waals surface area contributed by atoms with Crippen LogP contribution in [-0.2, 0) is 9.59 Å². The summed E-state index contributed by atoms with van der Waals surface area (Å²) in [5, 5.41) is 7.20. The number of hydrogen-bond donors (Lipinski definition) is 2. The molecule has 5 nitrogen and oxygen atoms in total. The molecule has 2 aromatic carbocycles. The maximum atomic E-state index is 11.9. The lowest BCUT2D eigenvalue weighted by molar-refractivity contribution is -0.124. The van der Waals surface area contributed by atoms with E-state index in [0.717, 1.165) is 16.8 Å². The maximum Gasteiger partial charge on any atom is 0.240 e. The SMILES string of the molecule is Cc1ccc(NC(=O)CCC(=O)N/N=C/c2ccccc2Cl)c(C)c1. The summed E-state index contributed by atoms with van der Waals surface area (Å²) in [6.07, 6.45) is 1.60. The Balaban J connectivity index is 1.77. The molecule has 0 saturated carbocycles. The molecule has 0 aliphatic rings. The topological polar surface area (TPSA) is 70.6 Å². The van der Waals surface area contributed by atoms with Crippen LogP contribution in [0, 0.1) is 13.8 Å². The van der Waals surface area contributed by atoms with Crippen molar-refractivity contribution in [2.24, 2.45) is 5.10 Å². The molecule has 2 aromatic rings. The van der Waals surface area contributed by atoms with Crippen LogP contribution < -0.4 is 10.7 Å².